The summed E-state index contributed by atoms with van der Waals surface area (Å²) >= 11 is 0. The Bertz CT molecular complexity index is 577. The van der Waals surface area contributed by atoms with Crippen molar-refractivity contribution < 1.29 is 9.84 Å². The van der Waals surface area contributed by atoms with Crippen LogP contribution in [-0.2, 0) is 4.74 Å². The van der Waals surface area contributed by atoms with Crippen LogP contribution in [0.3, 0.4) is 0 Å². The highest BCUT2D eigenvalue weighted by molar-refractivity contribution is 6.58. The highest BCUT2D eigenvalue weighted by Gasteiger charge is 2.34. The van der Waals surface area contributed by atoms with Gasteiger partial charge >= 0.3 is 0 Å². The van der Waals surface area contributed by atoms with Gasteiger partial charge in [0.2, 0.25) is 0 Å². The van der Waals surface area contributed by atoms with Crippen LogP contribution >= 0.6 is 0 Å². The smallest absolute Gasteiger partial charge is 0.144 e. The number of hydrogen-bond donors (Lipinski definition) is 3. The highest BCUT2D eigenvalue weighted by atomic mass is 28.3. The fourth-order valence-electron chi connectivity index (χ4n) is 2.61. The van der Waals surface area contributed by atoms with Crippen molar-refractivity contribution in [3.05, 3.63) is 48.5 Å². The molecule has 0 aliphatic carbocycles. The third-order valence-electron chi connectivity index (χ3n) is 4.34. The van der Waals surface area contributed by atoms with Crippen LogP contribution in [0.25, 0.3) is 11.1 Å². The zero-order valence-electron chi connectivity index (χ0n) is 14.5. The van der Waals surface area contributed by atoms with Crippen molar-refractivity contribution in [2.24, 2.45) is 0 Å². The molecule has 24 heavy (non-hydrogen) atoms. The van der Waals surface area contributed by atoms with Gasteiger partial charge in [0.1, 0.15) is 14.2 Å². The molecule has 0 saturated carbocycles. The molecule has 0 aromatic heterocycles. The Balaban J connectivity index is 0.000000185. The first-order chi connectivity index (χ1) is 11.4. The lowest BCUT2D eigenvalue weighted by Crippen LogP contribution is -2.47. The summed E-state index contributed by atoms with van der Waals surface area (Å²) < 4.78 is 5.34. The molecule has 2 aromatic carbocycles. The highest BCUT2D eigenvalue weighted by Crippen LogP contribution is 2.24. The number of nitrogens with two attached hydrogens (primary N) is 2. The molecule has 1 saturated heterocycles. The minimum Gasteiger partial charge on any atom is -0.399 e. The molecule has 0 spiro atoms. The van der Waals surface area contributed by atoms with Gasteiger partial charge in [0.15, 0.2) is 0 Å². The second kappa shape index (κ2) is 8.33. The summed E-state index contributed by atoms with van der Waals surface area (Å²) in [5, 5.41) is 9.79. The third-order valence-corrected chi connectivity index (χ3v) is 6.60. The van der Waals surface area contributed by atoms with Crippen molar-refractivity contribution in [2.75, 3.05) is 18.1 Å². The normalized spacial score (nSPS) is 20.3. The zero-order chi connectivity index (χ0) is 17.6. The summed E-state index contributed by atoms with van der Waals surface area (Å²) in [6.07, 6.45) is 3.10. The average molecular weight is 345 g/mol. The van der Waals surface area contributed by atoms with E-state index in [0.29, 0.717) is 0 Å². The van der Waals surface area contributed by atoms with Crippen molar-refractivity contribution in [2.45, 2.75) is 37.8 Å². The largest absolute Gasteiger partial charge is 0.399 e. The molecule has 130 valence electrons. The van der Waals surface area contributed by atoms with E-state index in [4.69, 9.17) is 16.2 Å². The van der Waals surface area contributed by atoms with Crippen LogP contribution in [0.15, 0.2) is 48.5 Å². The Hall–Kier alpha value is -1.82. The molecule has 5 heteroatoms. The van der Waals surface area contributed by atoms with E-state index in [1.165, 1.54) is 0 Å². The van der Waals surface area contributed by atoms with Crippen molar-refractivity contribution in [1.29, 1.82) is 0 Å². The Morgan fingerprint density at radius 1 is 0.875 bits per heavy atom. The Kier molecular flexibility index (Phi) is 6.42. The molecule has 4 nitrogen and oxygen atoms in total. The first kappa shape index (κ1) is 18.5. The molecule has 5 N–H and O–H groups in total. The van der Waals surface area contributed by atoms with Gasteiger partial charge in [0.25, 0.3) is 0 Å². The first-order valence-corrected chi connectivity index (χ1v) is 11.4. The molecule has 1 aliphatic heterocycles. The van der Waals surface area contributed by atoms with Gasteiger partial charge in [-0.15, -0.1) is 0 Å². The molecule has 1 unspecified atom stereocenters. The molecule has 3 rings (SSSR count). The fourth-order valence-corrected chi connectivity index (χ4v) is 3.84. The van der Waals surface area contributed by atoms with Gasteiger partial charge in [-0.3, -0.25) is 0 Å². The van der Waals surface area contributed by atoms with Crippen LogP contribution in [0.4, 0.5) is 11.4 Å². The summed E-state index contributed by atoms with van der Waals surface area (Å²) in [6, 6.07) is 15.6. The van der Waals surface area contributed by atoms with Gasteiger partial charge in [-0.2, -0.15) is 0 Å². The molecule has 1 fully saturated rings. The van der Waals surface area contributed by atoms with E-state index in [-0.39, 0.29) is 0 Å². The summed E-state index contributed by atoms with van der Waals surface area (Å²) in [6.45, 7) is 5.01. The van der Waals surface area contributed by atoms with E-state index < -0.39 is 14.2 Å². The Morgan fingerprint density at radius 2 is 1.33 bits per heavy atom. The standard InChI is InChI=1S/C12H12N2.C7H16O2Si/c13-11-5-1-9(2-6-11)10-3-7-12(14)8-4-10;1-10(2)7(8)5-3-4-6-9-7/h1-8H,13-14H2;8,10H,3-6H2,1-2H3. The number of ether oxygens (including phenoxy) is 1. The van der Waals surface area contributed by atoms with Crippen LogP contribution in [0, 0.1) is 0 Å². The van der Waals surface area contributed by atoms with Crippen LogP contribution in [-0.4, -0.2) is 25.9 Å². The summed E-state index contributed by atoms with van der Waals surface area (Å²) in [7, 11) is -1.03. The number of hydrogen-bond acceptors (Lipinski definition) is 4. The molecule has 2 aromatic rings. The maximum atomic E-state index is 9.79. The maximum Gasteiger partial charge on any atom is 0.144 e. The van der Waals surface area contributed by atoms with E-state index in [9.17, 15) is 5.11 Å². The lowest BCUT2D eigenvalue weighted by molar-refractivity contribution is -0.166. The van der Waals surface area contributed by atoms with Gasteiger partial charge in [-0.25, -0.2) is 0 Å². The topological polar surface area (TPSA) is 81.5 Å². The summed E-state index contributed by atoms with van der Waals surface area (Å²) in [5.74, 6) is 0. The number of aliphatic hydroxyl groups is 1. The lowest BCUT2D eigenvalue weighted by Gasteiger charge is -2.35. The zero-order valence-corrected chi connectivity index (χ0v) is 15.7. The van der Waals surface area contributed by atoms with Gasteiger partial charge in [0, 0.05) is 18.0 Å². The third kappa shape index (κ3) is 5.09. The van der Waals surface area contributed by atoms with Crippen LogP contribution in [0.2, 0.25) is 13.1 Å². The molecule has 1 atom stereocenters. The van der Waals surface area contributed by atoms with Crippen molar-refractivity contribution >= 4 is 20.2 Å². The molecule has 1 aliphatic rings. The predicted octanol–water partition coefficient (Wildman–Crippen LogP) is 3.42. The van der Waals surface area contributed by atoms with Crippen LogP contribution in [0.5, 0.6) is 0 Å². The van der Waals surface area contributed by atoms with Crippen molar-refractivity contribution in [1.82, 2.24) is 0 Å². The molecular weight excluding hydrogens is 316 g/mol. The van der Waals surface area contributed by atoms with Gasteiger partial charge in [0.05, 0.1) is 0 Å². The van der Waals surface area contributed by atoms with Crippen LogP contribution < -0.4 is 11.5 Å². The molecule has 0 radical (unpaired) electrons. The van der Waals surface area contributed by atoms with E-state index in [0.717, 1.165) is 48.4 Å². The SMILES string of the molecule is C[SiH](C)C1(O)CCCCO1.Nc1ccc(-c2ccc(N)cc2)cc1. The van der Waals surface area contributed by atoms with Crippen molar-refractivity contribution in [3.63, 3.8) is 0 Å². The van der Waals surface area contributed by atoms with E-state index >= 15 is 0 Å². The van der Waals surface area contributed by atoms with E-state index in [1.54, 1.807) is 0 Å². The maximum absolute atomic E-state index is 9.79. The second-order valence-electron chi connectivity index (χ2n) is 6.55. The average Bonchev–Trinajstić information content (AvgIpc) is 2.58. The van der Waals surface area contributed by atoms with E-state index in [1.807, 2.05) is 48.5 Å². The predicted molar refractivity (Wildman–Crippen MR) is 104 cm³/mol. The minimum atomic E-state index is -1.03. The quantitative estimate of drug-likeness (QED) is 0.576. The number of anilines is 2. The Labute approximate surface area is 146 Å². The van der Waals surface area contributed by atoms with Crippen LogP contribution in [0.1, 0.15) is 19.3 Å². The Morgan fingerprint density at radius 3 is 1.62 bits per heavy atom. The van der Waals surface area contributed by atoms with Crippen molar-refractivity contribution in [3.8, 4) is 11.1 Å². The van der Waals surface area contributed by atoms with E-state index in [2.05, 4.69) is 13.1 Å². The second-order valence-corrected chi connectivity index (χ2v) is 9.76. The summed E-state index contributed by atoms with van der Waals surface area (Å²) in [4.78, 5) is 0. The molecule has 0 amide bonds. The van der Waals surface area contributed by atoms with Gasteiger partial charge in [-0.1, -0.05) is 37.4 Å². The number of benzene rings is 2. The molecular formula is C19H28N2O2Si. The number of rotatable bonds is 2. The molecule has 1 heterocycles. The molecule has 0 bridgehead atoms. The first-order valence-electron chi connectivity index (χ1n) is 8.48. The minimum absolute atomic E-state index is 0.682. The number of nitrogen functional groups attached to an aromatic ring is 2. The fraction of sp³-hybridized carbons (Fsp3) is 0.368. The monoisotopic (exact) mass is 344 g/mol. The lowest BCUT2D eigenvalue weighted by atomic mass is 10.1. The van der Waals surface area contributed by atoms with Gasteiger partial charge < -0.3 is 21.3 Å². The summed E-state index contributed by atoms with van der Waals surface area (Å²) in [5.41, 5.74) is 14.4. The van der Waals surface area contributed by atoms with Gasteiger partial charge in [-0.05, 0) is 54.7 Å².